The van der Waals surface area contributed by atoms with Crippen LogP contribution in [0.25, 0.3) is 0 Å². The number of nitrogens with zero attached hydrogens (tertiary/aromatic N) is 3. The van der Waals surface area contributed by atoms with Crippen molar-refractivity contribution in [3.05, 3.63) is 89.0 Å². The number of nitrogens with one attached hydrogen (secondary N) is 2. The summed E-state index contributed by atoms with van der Waals surface area (Å²) < 4.78 is 5.06. The van der Waals surface area contributed by atoms with Crippen molar-refractivity contribution in [1.29, 1.82) is 0 Å². The molecule has 1 aliphatic rings. The standard InChI is InChI=1S/C24H18ClN5O6/c25-17-4-2-1-3-16(17)20(31)13-36-24(35)14-5-7-15(8-6-14)30-21(32)11-18(23(30)34)28-29-22(33)19-12-26-9-10-27-19/h1-10,12,18,28H,11,13H2,(H,29,33). The van der Waals surface area contributed by atoms with Crippen molar-refractivity contribution < 1.29 is 28.7 Å². The predicted molar refractivity (Wildman–Crippen MR) is 126 cm³/mol. The zero-order valence-electron chi connectivity index (χ0n) is 18.5. The van der Waals surface area contributed by atoms with E-state index in [1.54, 1.807) is 18.2 Å². The summed E-state index contributed by atoms with van der Waals surface area (Å²) in [4.78, 5) is 70.4. The fourth-order valence-corrected chi connectivity index (χ4v) is 3.62. The highest BCUT2D eigenvalue weighted by atomic mass is 35.5. The van der Waals surface area contributed by atoms with E-state index in [1.807, 2.05) is 0 Å². The number of Topliss-reactive ketones (excluding diaryl/α,β-unsaturated/α-hetero) is 1. The van der Waals surface area contributed by atoms with E-state index in [1.165, 1.54) is 48.9 Å². The molecule has 36 heavy (non-hydrogen) atoms. The predicted octanol–water partition coefficient (Wildman–Crippen LogP) is 1.74. The first-order valence-electron chi connectivity index (χ1n) is 10.6. The van der Waals surface area contributed by atoms with Crippen LogP contribution in [0.5, 0.6) is 0 Å². The lowest BCUT2D eigenvalue weighted by Gasteiger charge is -2.16. The van der Waals surface area contributed by atoms with Gasteiger partial charge in [0.15, 0.2) is 6.61 Å². The zero-order chi connectivity index (χ0) is 25.7. The second kappa shape index (κ2) is 10.8. The number of hydrazine groups is 1. The first kappa shape index (κ1) is 24.6. The summed E-state index contributed by atoms with van der Waals surface area (Å²) in [6, 6.07) is 11.0. The van der Waals surface area contributed by atoms with Gasteiger partial charge in [-0.1, -0.05) is 23.7 Å². The smallest absolute Gasteiger partial charge is 0.338 e. The molecule has 2 aromatic carbocycles. The molecule has 3 aromatic rings. The van der Waals surface area contributed by atoms with Crippen LogP contribution in [0.3, 0.4) is 0 Å². The van der Waals surface area contributed by atoms with E-state index < -0.39 is 42.1 Å². The van der Waals surface area contributed by atoms with Gasteiger partial charge in [0.1, 0.15) is 11.7 Å². The van der Waals surface area contributed by atoms with Crippen molar-refractivity contribution in [2.75, 3.05) is 11.5 Å². The molecule has 12 heteroatoms. The number of imide groups is 1. The number of esters is 1. The molecule has 1 atom stereocenters. The van der Waals surface area contributed by atoms with Crippen LogP contribution in [-0.2, 0) is 14.3 Å². The topological polar surface area (TPSA) is 148 Å². The van der Waals surface area contributed by atoms with Crippen molar-refractivity contribution >= 4 is 46.8 Å². The van der Waals surface area contributed by atoms with E-state index in [0.29, 0.717) is 0 Å². The Balaban J connectivity index is 1.34. The van der Waals surface area contributed by atoms with Gasteiger partial charge in [-0.15, -0.1) is 0 Å². The van der Waals surface area contributed by atoms with E-state index in [4.69, 9.17) is 16.3 Å². The first-order chi connectivity index (χ1) is 17.3. The van der Waals surface area contributed by atoms with Gasteiger partial charge < -0.3 is 4.74 Å². The van der Waals surface area contributed by atoms with E-state index in [9.17, 15) is 24.0 Å². The molecule has 0 radical (unpaired) electrons. The highest BCUT2D eigenvalue weighted by Gasteiger charge is 2.39. The van der Waals surface area contributed by atoms with Crippen LogP contribution in [0.2, 0.25) is 5.02 Å². The van der Waals surface area contributed by atoms with E-state index in [2.05, 4.69) is 20.8 Å². The number of halogens is 1. The molecule has 1 aliphatic heterocycles. The molecule has 0 spiro atoms. The second-order valence-electron chi connectivity index (χ2n) is 7.54. The summed E-state index contributed by atoms with van der Waals surface area (Å²) in [6.07, 6.45) is 3.82. The summed E-state index contributed by atoms with van der Waals surface area (Å²) in [6.45, 7) is -0.499. The summed E-state index contributed by atoms with van der Waals surface area (Å²) >= 11 is 5.98. The lowest BCUT2D eigenvalue weighted by Crippen LogP contribution is -2.48. The molecular weight excluding hydrogens is 490 g/mol. The Morgan fingerprint density at radius 3 is 2.50 bits per heavy atom. The number of benzene rings is 2. The molecule has 1 saturated heterocycles. The summed E-state index contributed by atoms with van der Waals surface area (Å²) in [7, 11) is 0. The first-order valence-corrected chi connectivity index (χ1v) is 11.0. The van der Waals surface area contributed by atoms with Gasteiger partial charge in [-0.25, -0.2) is 20.1 Å². The number of ketones is 1. The largest absolute Gasteiger partial charge is 0.454 e. The maximum absolute atomic E-state index is 12.7. The van der Waals surface area contributed by atoms with E-state index in [0.717, 1.165) is 4.90 Å². The average molecular weight is 508 g/mol. The van der Waals surface area contributed by atoms with Crippen LogP contribution < -0.4 is 15.8 Å². The number of aromatic nitrogens is 2. The molecule has 1 aromatic heterocycles. The van der Waals surface area contributed by atoms with Crippen LogP contribution in [0.4, 0.5) is 5.69 Å². The van der Waals surface area contributed by atoms with Crippen LogP contribution >= 0.6 is 11.6 Å². The number of rotatable bonds is 8. The minimum atomic E-state index is -0.987. The van der Waals surface area contributed by atoms with Gasteiger partial charge in [0.05, 0.1) is 28.9 Å². The summed E-state index contributed by atoms with van der Waals surface area (Å²) in [5.41, 5.74) is 5.51. The molecule has 3 amide bonds. The van der Waals surface area contributed by atoms with Crippen LogP contribution in [0, 0.1) is 0 Å². The molecule has 0 saturated carbocycles. The SMILES string of the molecule is O=C(OCC(=O)c1ccccc1Cl)c1ccc(N2C(=O)CC(NNC(=O)c3cnccn3)C2=O)cc1. The molecule has 182 valence electrons. The van der Waals surface area contributed by atoms with Crippen molar-refractivity contribution in [2.45, 2.75) is 12.5 Å². The normalized spacial score (nSPS) is 15.0. The number of anilines is 1. The highest BCUT2D eigenvalue weighted by Crippen LogP contribution is 2.23. The molecule has 11 nitrogen and oxygen atoms in total. The Hall–Kier alpha value is -4.48. The Morgan fingerprint density at radius 1 is 1.06 bits per heavy atom. The van der Waals surface area contributed by atoms with Crippen molar-refractivity contribution in [3.8, 4) is 0 Å². The number of hydrogen-bond acceptors (Lipinski definition) is 9. The number of ether oxygens (including phenoxy) is 1. The maximum atomic E-state index is 12.7. The minimum Gasteiger partial charge on any atom is -0.454 e. The monoisotopic (exact) mass is 507 g/mol. The highest BCUT2D eigenvalue weighted by molar-refractivity contribution is 6.34. The van der Waals surface area contributed by atoms with Crippen LogP contribution in [0.15, 0.2) is 67.1 Å². The van der Waals surface area contributed by atoms with Crippen molar-refractivity contribution in [1.82, 2.24) is 20.8 Å². The second-order valence-corrected chi connectivity index (χ2v) is 7.95. The van der Waals surface area contributed by atoms with Gasteiger partial charge in [0, 0.05) is 18.0 Å². The fourth-order valence-electron chi connectivity index (χ4n) is 3.38. The molecule has 2 N–H and O–H groups in total. The third-order valence-corrected chi connectivity index (χ3v) is 5.50. The Kier molecular flexibility index (Phi) is 7.42. The number of hydrogen-bond donors (Lipinski definition) is 2. The zero-order valence-corrected chi connectivity index (χ0v) is 19.3. The van der Waals surface area contributed by atoms with E-state index >= 15 is 0 Å². The lowest BCUT2D eigenvalue weighted by atomic mass is 10.1. The van der Waals surface area contributed by atoms with Gasteiger partial charge in [-0.3, -0.25) is 29.6 Å². The third-order valence-electron chi connectivity index (χ3n) is 5.17. The summed E-state index contributed by atoms with van der Waals surface area (Å²) in [5.74, 6) is -2.90. The number of carbonyl (C=O) groups excluding carboxylic acids is 5. The molecule has 0 bridgehead atoms. The van der Waals surface area contributed by atoms with Crippen LogP contribution in [0.1, 0.15) is 37.6 Å². The minimum absolute atomic E-state index is 0.0367. The Morgan fingerprint density at radius 2 is 1.81 bits per heavy atom. The molecule has 0 aliphatic carbocycles. The average Bonchev–Trinajstić information content (AvgIpc) is 3.19. The maximum Gasteiger partial charge on any atom is 0.338 e. The van der Waals surface area contributed by atoms with Gasteiger partial charge in [-0.05, 0) is 36.4 Å². The lowest BCUT2D eigenvalue weighted by molar-refractivity contribution is -0.121. The van der Waals surface area contributed by atoms with Crippen molar-refractivity contribution in [2.24, 2.45) is 0 Å². The number of carbonyl (C=O) groups is 5. The van der Waals surface area contributed by atoms with Gasteiger partial charge in [0.2, 0.25) is 11.7 Å². The molecule has 4 rings (SSSR count). The van der Waals surface area contributed by atoms with Gasteiger partial charge >= 0.3 is 5.97 Å². The summed E-state index contributed by atoms with van der Waals surface area (Å²) in [5, 5.41) is 0.254. The Labute approximate surface area is 209 Å². The quantitative estimate of drug-likeness (QED) is 0.201. The Bertz CT molecular complexity index is 1330. The fraction of sp³-hybridized carbons (Fsp3) is 0.125. The molecule has 1 fully saturated rings. The third kappa shape index (κ3) is 5.43. The van der Waals surface area contributed by atoms with Gasteiger partial charge in [-0.2, -0.15) is 0 Å². The molecule has 2 heterocycles. The van der Waals surface area contributed by atoms with E-state index in [-0.39, 0.29) is 34.0 Å². The number of amides is 3. The van der Waals surface area contributed by atoms with Crippen LogP contribution in [-0.4, -0.2) is 52.1 Å². The van der Waals surface area contributed by atoms with Gasteiger partial charge in [0.25, 0.3) is 11.8 Å². The molecular formula is C24H18ClN5O6. The van der Waals surface area contributed by atoms with Crippen molar-refractivity contribution in [3.63, 3.8) is 0 Å². The molecule has 1 unspecified atom stereocenters.